The lowest BCUT2D eigenvalue weighted by Crippen LogP contribution is -2.15. The minimum Gasteiger partial charge on any atom is -0.0622 e. The molecule has 2 aromatic rings. The van der Waals surface area contributed by atoms with Crippen molar-refractivity contribution in [3.05, 3.63) is 94.1 Å². The number of fused-ring (bicyclic) bond motifs is 1. The van der Waals surface area contributed by atoms with Gasteiger partial charge >= 0.3 is 0 Å². The van der Waals surface area contributed by atoms with E-state index in [9.17, 15) is 0 Å². The van der Waals surface area contributed by atoms with Crippen LogP contribution in [0, 0.1) is 11.8 Å². The highest BCUT2D eigenvalue weighted by Crippen LogP contribution is 2.73. The quantitative estimate of drug-likeness (QED) is 0.503. The molecule has 2 aromatic carbocycles. The van der Waals surface area contributed by atoms with Crippen LogP contribution in [0.3, 0.4) is 0 Å². The number of rotatable bonds is 6. The summed E-state index contributed by atoms with van der Waals surface area (Å²) >= 11 is 0. The summed E-state index contributed by atoms with van der Waals surface area (Å²) in [6.45, 7) is 9.43. The molecule has 0 N–H and O–H groups in total. The Bertz CT molecular complexity index is 791. The van der Waals surface area contributed by atoms with Crippen molar-refractivity contribution in [1.29, 1.82) is 0 Å². The number of benzene rings is 2. The van der Waals surface area contributed by atoms with Gasteiger partial charge in [-0.2, -0.15) is 0 Å². The summed E-state index contributed by atoms with van der Waals surface area (Å²) in [6, 6.07) is 22.6. The standard InChI is InChI=1S/C27H32/c1-5-21-22(6-2)24(8-4)26-25(23(21)7-3)27(26,19-15-11-9-12-16-19)20-17-13-10-14-18-20/h9-18,25-26H,5-8H2,1-4H3. The fourth-order valence-electron chi connectivity index (χ4n) is 6.16. The molecule has 2 aliphatic carbocycles. The first-order valence-corrected chi connectivity index (χ1v) is 10.8. The molecule has 0 radical (unpaired) electrons. The Morgan fingerprint density at radius 2 is 0.926 bits per heavy atom. The fraction of sp³-hybridized carbons (Fsp3) is 0.407. The lowest BCUT2D eigenvalue weighted by molar-refractivity contribution is 0.733. The van der Waals surface area contributed by atoms with E-state index in [0.29, 0.717) is 11.8 Å². The summed E-state index contributed by atoms with van der Waals surface area (Å²) in [7, 11) is 0. The van der Waals surface area contributed by atoms with Gasteiger partial charge in [0.05, 0.1) is 0 Å². The average Bonchev–Trinajstić information content (AvgIpc) is 3.43. The Morgan fingerprint density at radius 3 is 1.22 bits per heavy atom. The third-order valence-electron chi connectivity index (χ3n) is 7.07. The number of hydrogen-bond donors (Lipinski definition) is 0. The van der Waals surface area contributed by atoms with Crippen molar-refractivity contribution in [2.24, 2.45) is 11.8 Å². The highest BCUT2D eigenvalue weighted by Gasteiger charge is 2.69. The molecule has 0 heteroatoms. The van der Waals surface area contributed by atoms with E-state index >= 15 is 0 Å². The molecule has 1 fully saturated rings. The molecule has 0 saturated heterocycles. The molecule has 0 spiro atoms. The first-order valence-electron chi connectivity index (χ1n) is 10.8. The lowest BCUT2D eigenvalue weighted by atomic mass is 9.81. The van der Waals surface area contributed by atoms with E-state index in [0.717, 1.165) is 0 Å². The van der Waals surface area contributed by atoms with Gasteiger partial charge in [0.2, 0.25) is 0 Å². The maximum atomic E-state index is 2.37. The average molecular weight is 357 g/mol. The summed E-state index contributed by atoms with van der Waals surface area (Å²) in [6.07, 6.45) is 4.68. The van der Waals surface area contributed by atoms with E-state index < -0.39 is 0 Å². The third-order valence-corrected chi connectivity index (χ3v) is 7.07. The van der Waals surface area contributed by atoms with Crippen molar-refractivity contribution >= 4 is 0 Å². The van der Waals surface area contributed by atoms with Gasteiger partial charge in [0.25, 0.3) is 0 Å². The van der Waals surface area contributed by atoms with E-state index in [1.807, 2.05) is 0 Å². The molecule has 0 aromatic heterocycles. The van der Waals surface area contributed by atoms with E-state index in [2.05, 4.69) is 88.4 Å². The zero-order valence-corrected chi connectivity index (χ0v) is 17.3. The van der Waals surface area contributed by atoms with Gasteiger partial charge < -0.3 is 0 Å². The minimum absolute atomic E-state index is 0.122. The van der Waals surface area contributed by atoms with Gasteiger partial charge in [-0.15, -0.1) is 0 Å². The highest BCUT2D eigenvalue weighted by atomic mass is 14.7. The van der Waals surface area contributed by atoms with Crippen LogP contribution in [0.1, 0.15) is 64.5 Å². The minimum atomic E-state index is 0.122. The maximum absolute atomic E-state index is 2.37. The van der Waals surface area contributed by atoms with Crippen molar-refractivity contribution in [2.45, 2.75) is 58.8 Å². The topological polar surface area (TPSA) is 0 Å². The summed E-state index contributed by atoms with van der Waals surface area (Å²) in [5.41, 5.74) is 9.91. The smallest absolute Gasteiger partial charge is 0.0346 e. The molecule has 140 valence electrons. The predicted molar refractivity (Wildman–Crippen MR) is 116 cm³/mol. The van der Waals surface area contributed by atoms with Crippen molar-refractivity contribution < 1.29 is 0 Å². The Balaban J connectivity index is 2.02. The Kier molecular flexibility index (Phi) is 4.84. The largest absolute Gasteiger partial charge is 0.0622 e. The normalized spacial score (nSPS) is 23.4. The van der Waals surface area contributed by atoms with Gasteiger partial charge in [-0.1, -0.05) is 99.5 Å². The molecular formula is C27H32. The van der Waals surface area contributed by atoms with Crippen molar-refractivity contribution in [3.8, 4) is 0 Å². The van der Waals surface area contributed by atoms with Crippen LogP contribution in [0.25, 0.3) is 0 Å². The fourth-order valence-corrected chi connectivity index (χ4v) is 6.16. The molecule has 0 aliphatic heterocycles. The summed E-state index contributed by atoms with van der Waals surface area (Å²) < 4.78 is 0. The molecule has 0 amide bonds. The van der Waals surface area contributed by atoms with Gasteiger partial charge in [-0.05, 0) is 48.0 Å². The monoisotopic (exact) mass is 356 g/mol. The molecule has 27 heavy (non-hydrogen) atoms. The molecule has 0 bridgehead atoms. The Hall–Kier alpha value is -2.08. The van der Waals surface area contributed by atoms with E-state index in [1.54, 1.807) is 22.3 Å². The molecule has 1 saturated carbocycles. The summed E-state index contributed by atoms with van der Waals surface area (Å²) in [4.78, 5) is 0. The van der Waals surface area contributed by atoms with Crippen molar-refractivity contribution in [2.75, 3.05) is 0 Å². The second-order valence-electron chi connectivity index (χ2n) is 7.98. The maximum Gasteiger partial charge on any atom is 0.0346 e. The first-order chi connectivity index (χ1) is 13.2. The SMILES string of the molecule is CCC1=C(CC)C2C(C(CC)=C1CC)C2(c1ccccc1)c1ccccc1. The van der Waals surface area contributed by atoms with Gasteiger partial charge in [0, 0.05) is 17.3 Å². The Labute approximate surface area is 165 Å². The summed E-state index contributed by atoms with van der Waals surface area (Å²) in [5.74, 6) is 1.26. The summed E-state index contributed by atoms with van der Waals surface area (Å²) in [5, 5.41) is 0. The molecule has 0 heterocycles. The predicted octanol–water partition coefficient (Wildman–Crippen LogP) is 7.47. The van der Waals surface area contributed by atoms with E-state index in [-0.39, 0.29) is 5.41 Å². The van der Waals surface area contributed by atoms with Gasteiger partial charge in [-0.25, -0.2) is 0 Å². The van der Waals surface area contributed by atoms with Crippen LogP contribution in [-0.4, -0.2) is 0 Å². The van der Waals surface area contributed by atoms with Crippen molar-refractivity contribution in [3.63, 3.8) is 0 Å². The van der Waals surface area contributed by atoms with Crippen molar-refractivity contribution in [1.82, 2.24) is 0 Å². The zero-order valence-electron chi connectivity index (χ0n) is 17.3. The van der Waals surface area contributed by atoms with Crippen LogP contribution in [0.4, 0.5) is 0 Å². The first kappa shape index (κ1) is 18.3. The zero-order chi connectivity index (χ0) is 19.0. The molecule has 2 atom stereocenters. The van der Waals surface area contributed by atoms with Crippen LogP contribution in [-0.2, 0) is 5.41 Å². The van der Waals surface area contributed by atoms with E-state index in [4.69, 9.17) is 0 Å². The van der Waals surface area contributed by atoms with E-state index in [1.165, 1.54) is 36.8 Å². The van der Waals surface area contributed by atoms with Crippen LogP contribution in [0.5, 0.6) is 0 Å². The molecular weight excluding hydrogens is 324 g/mol. The molecule has 4 rings (SSSR count). The number of allylic oxidation sites excluding steroid dienone is 4. The Morgan fingerprint density at radius 1 is 0.556 bits per heavy atom. The van der Waals surface area contributed by atoms with Crippen LogP contribution in [0.15, 0.2) is 83.0 Å². The second kappa shape index (κ2) is 7.15. The van der Waals surface area contributed by atoms with Crippen LogP contribution >= 0.6 is 0 Å². The molecule has 2 unspecified atom stereocenters. The van der Waals surface area contributed by atoms with Crippen LogP contribution in [0.2, 0.25) is 0 Å². The highest BCUT2D eigenvalue weighted by molar-refractivity contribution is 5.63. The van der Waals surface area contributed by atoms with Gasteiger partial charge in [0.1, 0.15) is 0 Å². The third kappa shape index (κ3) is 2.49. The molecule has 0 nitrogen and oxygen atoms in total. The second-order valence-corrected chi connectivity index (χ2v) is 7.98. The van der Waals surface area contributed by atoms with Gasteiger partial charge in [-0.3, -0.25) is 0 Å². The lowest BCUT2D eigenvalue weighted by Gasteiger charge is -2.24. The number of hydrogen-bond acceptors (Lipinski definition) is 0. The van der Waals surface area contributed by atoms with Gasteiger partial charge in [0.15, 0.2) is 0 Å². The molecule has 2 aliphatic rings. The van der Waals surface area contributed by atoms with Crippen LogP contribution < -0.4 is 0 Å².